The highest BCUT2D eigenvalue weighted by Crippen LogP contribution is 2.44. The second kappa shape index (κ2) is 10.1. The zero-order valence-electron chi connectivity index (χ0n) is 21.1. The molecule has 2 N–H and O–H groups in total. The number of nitrogens with zero attached hydrogens (tertiary/aromatic N) is 2. The Morgan fingerprint density at radius 1 is 0.725 bits per heavy atom. The van der Waals surface area contributed by atoms with Crippen molar-refractivity contribution in [2.24, 2.45) is 0 Å². The Kier molecular flexibility index (Phi) is 6.32. The van der Waals surface area contributed by atoms with Gasteiger partial charge in [-0.3, -0.25) is 5.32 Å². The van der Waals surface area contributed by atoms with Gasteiger partial charge in [-0.2, -0.15) is 5.10 Å². The number of benzene rings is 5. The normalized spacial score (nSPS) is 11.4. The lowest BCUT2D eigenvalue weighted by atomic mass is 9.77. The Labute approximate surface area is 229 Å². The van der Waals surface area contributed by atoms with E-state index in [1.54, 1.807) is 16.8 Å². The number of carbonyl (C=O) groups is 1. The summed E-state index contributed by atoms with van der Waals surface area (Å²) >= 11 is 0. The molecule has 1 aromatic heterocycles. The van der Waals surface area contributed by atoms with Crippen LogP contribution in [-0.4, -0.2) is 21.0 Å². The Bertz CT molecular complexity index is 1720. The van der Waals surface area contributed by atoms with Gasteiger partial charge in [0.05, 0.1) is 11.2 Å². The topological polar surface area (TPSA) is 67.2 Å². The van der Waals surface area contributed by atoms with Crippen LogP contribution < -0.4 is 5.32 Å². The van der Waals surface area contributed by atoms with E-state index in [2.05, 4.69) is 5.32 Å². The van der Waals surface area contributed by atoms with E-state index < -0.39 is 23.3 Å². The van der Waals surface area contributed by atoms with Crippen LogP contribution in [0.4, 0.5) is 19.3 Å². The molecule has 0 radical (unpaired) electrons. The van der Waals surface area contributed by atoms with E-state index in [0.29, 0.717) is 22.2 Å². The van der Waals surface area contributed by atoms with Crippen LogP contribution in [0.3, 0.4) is 0 Å². The van der Waals surface area contributed by atoms with Gasteiger partial charge in [0.25, 0.3) is 0 Å². The molecule has 0 saturated carbocycles. The molecule has 0 bridgehead atoms. The minimum absolute atomic E-state index is 0.220. The van der Waals surface area contributed by atoms with Crippen molar-refractivity contribution in [2.45, 2.75) is 5.54 Å². The predicted molar refractivity (Wildman–Crippen MR) is 151 cm³/mol. The van der Waals surface area contributed by atoms with Crippen molar-refractivity contribution >= 4 is 22.7 Å². The van der Waals surface area contributed by atoms with Gasteiger partial charge in [-0.05, 0) is 34.9 Å². The molecule has 196 valence electrons. The van der Waals surface area contributed by atoms with Gasteiger partial charge >= 0.3 is 6.09 Å². The van der Waals surface area contributed by atoms with E-state index in [0.717, 1.165) is 16.7 Å². The summed E-state index contributed by atoms with van der Waals surface area (Å²) in [4.78, 5) is 11.4. The first-order valence-electron chi connectivity index (χ1n) is 12.6. The smallest absolute Gasteiger partial charge is 0.409 e. The molecule has 5 aromatic carbocycles. The predicted octanol–water partition coefficient (Wildman–Crippen LogP) is 7.91. The molecule has 0 aliphatic carbocycles. The van der Waals surface area contributed by atoms with Crippen LogP contribution in [0.25, 0.3) is 22.2 Å². The highest BCUT2D eigenvalue weighted by atomic mass is 19.1. The van der Waals surface area contributed by atoms with Crippen LogP contribution in [0.2, 0.25) is 0 Å². The third kappa shape index (κ3) is 4.18. The van der Waals surface area contributed by atoms with Crippen LogP contribution >= 0.6 is 0 Å². The Balaban J connectivity index is 1.80. The van der Waals surface area contributed by atoms with Gasteiger partial charge in [-0.25, -0.2) is 18.3 Å². The van der Waals surface area contributed by atoms with Crippen molar-refractivity contribution in [3.8, 4) is 11.3 Å². The van der Waals surface area contributed by atoms with E-state index in [9.17, 15) is 14.3 Å². The van der Waals surface area contributed by atoms with Crippen molar-refractivity contribution < 1.29 is 18.7 Å². The van der Waals surface area contributed by atoms with Crippen molar-refractivity contribution in [3.05, 3.63) is 156 Å². The van der Waals surface area contributed by atoms with Crippen molar-refractivity contribution in [2.75, 3.05) is 5.32 Å². The molecule has 6 aromatic rings. The van der Waals surface area contributed by atoms with E-state index >= 15 is 4.39 Å². The number of hydrogen-bond donors (Lipinski definition) is 2. The lowest BCUT2D eigenvalue weighted by Crippen LogP contribution is -2.38. The molecule has 40 heavy (non-hydrogen) atoms. The summed E-state index contributed by atoms with van der Waals surface area (Å²) in [6.45, 7) is 0. The number of anilines is 1. The summed E-state index contributed by atoms with van der Waals surface area (Å²) in [6, 6.07) is 38.0. The zero-order chi connectivity index (χ0) is 27.7. The second-order valence-corrected chi connectivity index (χ2v) is 9.36. The molecule has 0 fully saturated rings. The SMILES string of the molecule is O=C(O)Nc1cc2c(-c3cccc(F)c3)nn(C(c3ccccc3)(c3ccccc3)c3ccccc3)c2cc1F. The van der Waals surface area contributed by atoms with Crippen LogP contribution in [0.5, 0.6) is 0 Å². The van der Waals surface area contributed by atoms with Crippen LogP contribution in [0.1, 0.15) is 16.7 Å². The van der Waals surface area contributed by atoms with Crippen molar-refractivity contribution in [3.63, 3.8) is 0 Å². The van der Waals surface area contributed by atoms with Gasteiger partial charge in [-0.1, -0.05) is 103 Å². The molecule has 1 amide bonds. The van der Waals surface area contributed by atoms with Gasteiger partial charge in [-0.15, -0.1) is 0 Å². The largest absolute Gasteiger partial charge is 0.465 e. The number of nitrogens with one attached hydrogen (secondary N) is 1. The highest BCUT2D eigenvalue weighted by Gasteiger charge is 2.41. The Morgan fingerprint density at radius 3 is 1.77 bits per heavy atom. The van der Waals surface area contributed by atoms with Gasteiger partial charge < -0.3 is 5.11 Å². The number of fused-ring (bicyclic) bond motifs is 1. The van der Waals surface area contributed by atoms with E-state index in [-0.39, 0.29) is 5.69 Å². The van der Waals surface area contributed by atoms with Crippen molar-refractivity contribution in [1.29, 1.82) is 0 Å². The van der Waals surface area contributed by atoms with E-state index in [1.165, 1.54) is 24.3 Å². The van der Waals surface area contributed by atoms with Gasteiger partial charge in [0.1, 0.15) is 22.9 Å². The van der Waals surface area contributed by atoms with E-state index in [1.807, 2.05) is 91.0 Å². The molecule has 0 unspecified atom stereocenters. The maximum absolute atomic E-state index is 15.5. The average molecular weight is 532 g/mol. The summed E-state index contributed by atoms with van der Waals surface area (Å²) in [5.74, 6) is -1.21. The zero-order valence-corrected chi connectivity index (χ0v) is 21.1. The molecule has 0 aliphatic rings. The highest BCUT2D eigenvalue weighted by molar-refractivity contribution is 5.98. The average Bonchev–Trinajstić information content (AvgIpc) is 3.33. The van der Waals surface area contributed by atoms with Gasteiger partial charge in [0.2, 0.25) is 0 Å². The summed E-state index contributed by atoms with van der Waals surface area (Å²) in [6.07, 6.45) is -1.40. The number of carboxylic acid groups (broad SMARTS) is 1. The first kappa shape index (κ1) is 25.0. The van der Waals surface area contributed by atoms with E-state index in [4.69, 9.17) is 5.10 Å². The molecule has 7 heteroatoms. The molecule has 6 rings (SSSR count). The van der Waals surface area contributed by atoms with Gasteiger partial charge in [0, 0.05) is 17.0 Å². The third-order valence-electron chi connectivity index (χ3n) is 7.00. The summed E-state index contributed by atoms with van der Waals surface area (Å²) < 4.78 is 31.7. The molecule has 0 spiro atoms. The molecule has 1 heterocycles. The standard InChI is InChI=1S/C33H23F2N3O2/c34-26-18-10-11-22(19-26)31-27-20-29(36-32(39)40)28(35)21-30(27)38(37-31)33(23-12-4-1-5-13-23,24-14-6-2-7-15-24)25-16-8-3-9-17-25/h1-21,36H,(H,39,40). The van der Waals surface area contributed by atoms with Crippen LogP contribution in [0, 0.1) is 11.6 Å². The number of halogens is 2. The molecular weight excluding hydrogens is 508 g/mol. The van der Waals surface area contributed by atoms with Crippen molar-refractivity contribution in [1.82, 2.24) is 9.78 Å². The number of hydrogen-bond acceptors (Lipinski definition) is 2. The first-order chi connectivity index (χ1) is 19.5. The summed E-state index contributed by atoms with van der Waals surface area (Å²) in [5, 5.41) is 17.0. The Morgan fingerprint density at radius 2 is 1.27 bits per heavy atom. The van der Waals surface area contributed by atoms with Crippen LogP contribution in [0.15, 0.2) is 127 Å². The first-order valence-corrected chi connectivity index (χ1v) is 12.6. The third-order valence-corrected chi connectivity index (χ3v) is 7.00. The number of aromatic nitrogens is 2. The van der Waals surface area contributed by atoms with Crippen LogP contribution in [-0.2, 0) is 5.54 Å². The summed E-state index contributed by atoms with van der Waals surface area (Å²) in [7, 11) is 0. The molecular formula is C33H23F2N3O2. The fraction of sp³-hybridized carbons (Fsp3) is 0.0303. The maximum atomic E-state index is 15.5. The lowest BCUT2D eigenvalue weighted by Gasteiger charge is -2.37. The maximum Gasteiger partial charge on any atom is 0.409 e. The number of rotatable bonds is 6. The minimum atomic E-state index is -1.40. The molecule has 5 nitrogen and oxygen atoms in total. The second-order valence-electron chi connectivity index (χ2n) is 9.36. The quantitative estimate of drug-likeness (QED) is 0.215. The Hall–Kier alpha value is -5.30. The molecule has 0 saturated heterocycles. The minimum Gasteiger partial charge on any atom is -0.465 e. The fourth-order valence-electron chi connectivity index (χ4n) is 5.36. The fourth-order valence-corrected chi connectivity index (χ4v) is 5.36. The molecule has 0 aliphatic heterocycles. The van der Waals surface area contributed by atoms with Gasteiger partial charge in [0.15, 0.2) is 0 Å². The molecule has 0 atom stereocenters. The number of amides is 1. The monoisotopic (exact) mass is 531 g/mol. The summed E-state index contributed by atoms with van der Waals surface area (Å²) in [5.41, 5.74) is 2.59. The lowest BCUT2D eigenvalue weighted by molar-refractivity contribution is 0.209.